The number of amides is 2. The molecule has 0 unspecified atom stereocenters. The molecule has 0 aliphatic carbocycles. The van der Waals surface area contributed by atoms with Crippen molar-refractivity contribution in [2.24, 2.45) is 0 Å². The number of morpholine rings is 1. The molecule has 1 aromatic heterocycles. The summed E-state index contributed by atoms with van der Waals surface area (Å²) in [5, 5.41) is 5.96. The number of hydrogen-bond donors (Lipinski definition) is 1. The minimum absolute atomic E-state index is 0.0221. The van der Waals surface area contributed by atoms with Crippen LogP contribution >= 0.6 is 11.3 Å². The highest BCUT2D eigenvalue weighted by Crippen LogP contribution is 2.12. The average Bonchev–Trinajstić information content (AvgIpc) is 3.14. The molecular weight excluding hydrogens is 350 g/mol. The number of aryl methyl sites for hydroxylation is 1. The van der Waals surface area contributed by atoms with E-state index in [0.717, 1.165) is 23.5 Å². The SMILES string of the molecule is CCCc1nc(CNC(=O)c2ccc(C(=O)N3CCOCC3)cc2)cs1. The van der Waals surface area contributed by atoms with Crippen molar-refractivity contribution in [3.63, 3.8) is 0 Å². The first kappa shape index (κ1) is 18.5. The first-order chi connectivity index (χ1) is 12.7. The Morgan fingerprint density at radius 2 is 1.88 bits per heavy atom. The van der Waals surface area contributed by atoms with E-state index >= 15 is 0 Å². The second-order valence-electron chi connectivity index (χ2n) is 6.15. The van der Waals surface area contributed by atoms with E-state index in [4.69, 9.17) is 4.74 Å². The van der Waals surface area contributed by atoms with Gasteiger partial charge in [0.15, 0.2) is 0 Å². The van der Waals surface area contributed by atoms with E-state index in [1.807, 2.05) is 5.38 Å². The second kappa shape index (κ2) is 8.91. The van der Waals surface area contributed by atoms with Crippen LogP contribution in [0.4, 0.5) is 0 Å². The number of hydrogen-bond acceptors (Lipinski definition) is 5. The minimum Gasteiger partial charge on any atom is -0.378 e. The average molecular weight is 373 g/mol. The van der Waals surface area contributed by atoms with Crippen molar-refractivity contribution in [3.05, 3.63) is 51.5 Å². The molecule has 3 rings (SSSR count). The molecule has 7 heteroatoms. The van der Waals surface area contributed by atoms with Crippen molar-refractivity contribution in [2.75, 3.05) is 26.3 Å². The van der Waals surface area contributed by atoms with Crippen molar-refractivity contribution in [1.29, 1.82) is 0 Å². The van der Waals surface area contributed by atoms with Crippen molar-refractivity contribution in [2.45, 2.75) is 26.3 Å². The van der Waals surface area contributed by atoms with Crippen LogP contribution in [-0.4, -0.2) is 48.0 Å². The molecule has 0 saturated carbocycles. The molecule has 26 heavy (non-hydrogen) atoms. The van der Waals surface area contributed by atoms with E-state index < -0.39 is 0 Å². The molecule has 0 spiro atoms. The fraction of sp³-hybridized carbons (Fsp3) is 0.421. The van der Waals surface area contributed by atoms with Gasteiger partial charge in [0.25, 0.3) is 11.8 Å². The molecule has 138 valence electrons. The minimum atomic E-state index is -0.166. The van der Waals surface area contributed by atoms with Gasteiger partial charge in [-0.1, -0.05) is 6.92 Å². The Morgan fingerprint density at radius 1 is 1.19 bits per heavy atom. The topological polar surface area (TPSA) is 71.5 Å². The third kappa shape index (κ3) is 4.68. The summed E-state index contributed by atoms with van der Waals surface area (Å²) in [6, 6.07) is 6.78. The van der Waals surface area contributed by atoms with Crippen LogP contribution in [0.5, 0.6) is 0 Å². The largest absolute Gasteiger partial charge is 0.378 e. The smallest absolute Gasteiger partial charge is 0.254 e. The molecule has 1 saturated heterocycles. The highest BCUT2D eigenvalue weighted by atomic mass is 32.1. The monoisotopic (exact) mass is 373 g/mol. The van der Waals surface area contributed by atoms with E-state index in [9.17, 15) is 9.59 Å². The number of benzene rings is 1. The fourth-order valence-electron chi connectivity index (χ4n) is 2.74. The normalized spacial score (nSPS) is 14.3. The molecule has 1 aliphatic heterocycles. The molecule has 2 heterocycles. The fourth-order valence-corrected chi connectivity index (χ4v) is 3.64. The number of nitrogens with one attached hydrogen (secondary N) is 1. The Hall–Kier alpha value is -2.25. The van der Waals surface area contributed by atoms with Crippen LogP contribution in [0.2, 0.25) is 0 Å². The lowest BCUT2D eigenvalue weighted by Crippen LogP contribution is -2.40. The van der Waals surface area contributed by atoms with Gasteiger partial charge in [-0.15, -0.1) is 11.3 Å². The maximum absolute atomic E-state index is 12.4. The number of ether oxygens (including phenoxy) is 1. The van der Waals surface area contributed by atoms with Gasteiger partial charge < -0.3 is 15.0 Å². The van der Waals surface area contributed by atoms with E-state index in [2.05, 4.69) is 17.2 Å². The number of carbonyl (C=O) groups excluding carboxylic acids is 2. The molecule has 1 N–H and O–H groups in total. The summed E-state index contributed by atoms with van der Waals surface area (Å²) < 4.78 is 5.26. The van der Waals surface area contributed by atoms with E-state index in [0.29, 0.717) is 44.0 Å². The summed E-state index contributed by atoms with van der Waals surface area (Å²) in [5.74, 6) is -0.188. The molecule has 0 radical (unpaired) electrons. The third-order valence-electron chi connectivity index (χ3n) is 4.19. The van der Waals surface area contributed by atoms with Gasteiger partial charge in [-0.05, 0) is 37.1 Å². The molecule has 2 aromatic rings. The first-order valence-corrected chi connectivity index (χ1v) is 9.74. The second-order valence-corrected chi connectivity index (χ2v) is 7.09. The van der Waals surface area contributed by atoms with Crippen LogP contribution in [-0.2, 0) is 17.7 Å². The Bertz CT molecular complexity index is 752. The number of rotatable bonds is 6. The van der Waals surface area contributed by atoms with E-state index in [1.165, 1.54) is 0 Å². The lowest BCUT2D eigenvalue weighted by molar-refractivity contribution is 0.0303. The highest BCUT2D eigenvalue weighted by molar-refractivity contribution is 7.09. The predicted octanol–water partition coefficient (Wildman–Crippen LogP) is 2.50. The quantitative estimate of drug-likeness (QED) is 0.844. The molecule has 1 aliphatic rings. The molecule has 6 nitrogen and oxygen atoms in total. The molecule has 0 bridgehead atoms. The van der Waals surface area contributed by atoms with Crippen LogP contribution in [0.25, 0.3) is 0 Å². The molecule has 0 atom stereocenters. The zero-order valence-electron chi connectivity index (χ0n) is 14.9. The molecule has 2 amide bonds. The van der Waals surface area contributed by atoms with Crippen molar-refractivity contribution < 1.29 is 14.3 Å². The van der Waals surface area contributed by atoms with E-state index in [1.54, 1.807) is 40.5 Å². The Balaban J connectivity index is 1.55. The van der Waals surface area contributed by atoms with Gasteiger partial charge >= 0.3 is 0 Å². The van der Waals surface area contributed by atoms with Crippen molar-refractivity contribution >= 4 is 23.2 Å². The number of aromatic nitrogens is 1. The van der Waals surface area contributed by atoms with Gasteiger partial charge in [0, 0.05) is 29.6 Å². The standard InChI is InChI=1S/C19H23N3O3S/c1-2-3-17-21-16(13-26-17)12-20-18(23)14-4-6-15(7-5-14)19(24)22-8-10-25-11-9-22/h4-7,13H,2-3,8-12H2,1H3,(H,20,23). The summed E-state index contributed by atoms with van der Waals surface area (Å²) in [7, 11) is 0. The number of thiazole rings is 1. The van der Waals surface area contributed by atoms with E-state index in [-0.39, 0.29) is 11.8 Å². The predicted molar refractivity (Wildman–Crippen MR) is 100 cm³/mol. The Kier molecular flexibility index (Phi) is 6.35. The van der Waals surface area contributed by atoms with Gasteiger partial charge in [-0.3, -0.25) is 9.59 Å². The lowest BCUT2D eigenvalue weighted by Gasteiger charge is -2.26. The van der Waals surface area contributed by atoms with Crippen LogP contribution in [0.1, 0.15) is 44.8 Å². The van der Waals surface area contributed by atoms with Crippen LogP contribution < -0.4 is 5.32 Å². The van der Waals surface area contributed by atoms with Gasteiger partial charge in [0.1, 0.15) is 0 Å². The summed E-state index contributed by atoms with van der Waals surface area (Å²) in [4.78, 5) is 31.0. The van der Waals surface area contributed by atoms with Crippen molar-refractivity contribution in [1.82, 2.24) is 15.2 Å². The van der Waals surface area contributed by atoms with Gasteiger partial charge in [0.2, 0.25) is 0 Å². The molecule has 1 aromatic carbocycles. The molecular formula is C19H23N3O3S. The summed E-state index contributed by atoms with van der Waals surface area (Å²) in [6.07, 6.45) is 2.03. The Morgan fingerprint density at radius 3 is 2.58 bits per heavy atom. The maximum Gasteiger partial charge on any atom is 0.254 e. The third-order valence-corrected chi connectivity index (χ3v) is 5.14. The van der Waals surface area contributed by atoms with Crippen LogP contribution in [0.15, 0.2) is 29.6 Å². The first-order valence-electron chi connectivity index (χ1n) is 8.86. The number of nitrogens with zero attached hydrogens (tertiary/aromatic N) is 2. The maximum atomic E-state index is 12.4. The molecule has 1 fully saturated rings. The van der Waals surface area contributed by atoms with Crippen LogP contribution in [0, 0.1) is 0 Å². The summed E-state index contributed by atoms with van der Waals surface area (Å²) >= 11 is 1.63. The summed E-state index contributed by atoms with van der Waals surface area (Å²) in [6.45, 7) is 4.89. The van der Waals surface area contributed by atoms with Crippen LogP contribution in [0.3, 0.4) is 0 Å². The van der Waals surface area contributed by atoms with Gasteiger partial charge in [-0.25, -0.2) is 4.98 Å². The highest BCUT2D eigenvalue weighted by Gasteiger charge is 2.18. The van der Waals surface area contributed by atoms with Crippen molar-refractivity contribution in [3.8, 4) is 0 Å². The Labute approximate surface area is 157 Å². The number of carbonyl (C=O) groups is 2. The zero-order chi connectivity index (χ0) is 18.4. The zero-order valence-corrected chi connectivity index (χ0v) is 15.7. The summed E-state index contributed by atoms with van der Waals surface area (Å²) in [5.41, 5.74) is 2.01. The lowest BCUT2D eigenvalue weighted by atomic mass is 10.1. The van der Waals surface area contributed by atoms with Gasteiger partial charge in [0.05, 0.1) is 30.5 Å². The van der Waals surface area contributed by atoms with Gasteiger partial charge in [-0.2, -0.15) is 0 Å².